The third-order valence-corrected chi connectivity index (χ3v) is 7.07. The lowest BCUT2D eigenvalue weighted by atomic mass is 10.1. The van der Waals surface area contributed by atoms with Crippen molar-refractivity contribution in [2.24, 2.45) is 0 Å². The molecule has 2 aliphatic heterocycles. The van der Waals surface area contributed by atoms with Crippen LogP contribution in [-0.4, -0.2) is 76.0 Å². The predicted molar refractivity (Wildman–Crippen MR) is 103 cm³/mol. The molecule has 1 atom stereocenters. The van der Waals surface area contributed by atoms with Crippen molar-refractivity contribution in [3.8, 4) is 0 Å². The molecule has 8 heteroatoms. The first-order valence-corrected chi connectivity index (χ1v) is 11.1. The minimum atomic E-state index is -3.61. The molecule has 0 radical (unpaired) electrons. The maximum atomic E-state index is 12.9. The SMILES string of the molecule is CN(CCC[C@@H]1CCCO1)S(=O)(=O)c1cccc(C(=O)N2CCNCC2)c1. The second kappa shape index (κ2) is 9.14. The molecule has 1 amide bonds. The zero-order valence-electron chi connectivity index (χ0n) is 15.9. The van der Waals surface area contributed by atoms with Crippen molar-refractivity contribution in [3.05, 3.63) is 29.8 Å². The van der Waals surface area contributed by atoms with Crippen LogP contribution in [0.3, 0.4) is 0 Å². The zero-order chi connectivity index (χ0) is 19.3. The van der Waals surface area contributed by atoms with Crippen molar-refractivity contribution < 1.29 is 17.9 Å². The molecule has 150 valence electrons. The Labute approximate surface area is 161 Å². The molecule has 2 aliphatic rings. The number of hydrogen-bond donors (Lipinski definition) is 1. The van der Waals surface area contributed by atoms with E-state index in [1.807, 2.05) is 0 Å². The summed E-state index contributed by atoms with van der Waals surface area (Å²) in [6.45, 7) is 4.05. The molecule has 7 nitrogen and oxygen atoms in total. The van der Waals surface area contributed by atoms with E-state index >= 15 is 0 Å². The van der Waals surface area contributed by atoms with E-state index in [0.717, 1.165) is 45.4 Å². The molecule has 0 aromatic heterocycles. The van der Waals surface area contributed by atoms with Gasteiger partial charge in [0.1, 0.15) is 0 Å². The Morgan fingerprint density at radius 1 is 1.33 bits per heavy atom. The Morgan fingerprint density at radius 2 is 2.11 bits per heavy atom. The third-order valence-electron chi connectivity index (χ3n) is 5.22. The second-order valence-electron chi connectivity index (χ2n) is 7.17. The van der Waals surface area contributed by atoms with Gasteiger partial charge in [-0.1, -0.05) is 6.07 Å². The molecule has 1 N–H and O–H groups in total. The molecule has 27 heavy (non-hydrogen) atoms. The zero-order valence-corrected chi connectivity index (χ0v) is 16.7. The molecule has 2 heterocycles. The fourth-order valence-electron chi connectivity index (χ4n) is 3.55. The van der Waals surface area contributed by atoms with Gasteiger partial charge in [-0.05, 0) is 43.9 Å². The van der Waals surface area contributed by atoms with Crippen molar-refractivity contribution in [2.45, 2.75) is 36.7 Å². The fraction of sp³-hybridized carbons (Fsp3) is 0.632. The summed E-state index contributed by atoms with van der Waals surface area (Å²) < 4.78 is 32.7. The summed E-state index contributed by atoms with van der Waals surface area (Å²) in [5.41, 5.74) is 0.422. The van der Waals surface area contributed by atoms with Crippen LogP contribution in [0.15, 0.2) is 29.2 Å². The molecule has 0 spiro atoms. The molecule has 0 saturated carbocycles. The van der Waals surface area contributed by atoms with Crippen molar-refractivity contribution in [1.82, 2.24) is 14.5 Å². The lowest BCUT2D eigenvalue weighted by Crippen LogP contribution is -2.46. The number of carbonyl (C=O) groups excluding carboxylic acids is 1. The van der Waals surface area contributed by atoms with Crippen LogP contribution in [-0.2, 0) is 14.8 Å². The van der Waals surface area contributed by atoms with Crippen LogP contribution in [0.2, 0.25) is 0 Å². The highest BCUT2D eigenvalue weighted by atomic mass is 32.2. The van der Waals surface area contributed by atoms with E-state index in [4.69, 9.17) is 4.74 Å². The minimum absolute atomic E-state index is 0.116. The maximum Gasteiger partial charge on any atom is 0.253 e. The fourth-order valence-corrected chi connectivity index (χ4v) is 4.81. The highest BCUT2D eigenvalue weighted by Gasteiger charge is 2.24. The monoisotopic (exact) mass is 395 g/mol. The van der Waals surface area contributed by atoms with Crippen LogP contribution in [0.5, 0.6) is 0 Å². The van der Waals surface area contributed by atoms with Crippen molar-refractivity contribution >= 4 is 15.9 Å². The van der Waals surface area contributed by atoms with Gasteiger partial charge in [-0.25, -0.2) is 12.7 Å². The second-order valence-corrected chi connectivity index (χ2v) is 9.22. The number of amides is 1. The molecule has 2 saturated heterocycles. The van der Waals surface area contributed by atoms with E-state index in [1.165, 1.54) is 10.4 Å². The summed E-state index contributed by atoms with van der Waals surface area (Å²) >= 11 is 0. The molecule has 3 rings (SSSR count). The molecule has 0 bridgehead atoms. The number of carbonyl (C=O) groups is 1. The summed E-state index contributed by atoms with van der Waals surface area (Å²) in [5, 5.41) is 3.21. The Balaban J connectivity index is 1.63. The van der Waals surface area contributed by atoms with Gasteiger partial charge in [-0.2, -0.15) is 0 Å². The Bertz CT molecular complexity index is 741. The van der Waals surface area contributed by atoms with Crippen LogP contribution < -0.4 is 5.32 Å². The molecule has 0 unspecified atom stereocenters. The van der Waals surface area contributed by atoms with Gasteiger partial charge in [-0.3, -0.25) is 4.79 Å². The highest BCUT2D eigenvalue weighted by molar-refractivity contribution is 7.89. The average molecular weight is 396 g/mol. The molecule has 2 fully saturated rings. The van der Waals surface area contributed by atoms with Crippen molar-refractivity contribution in [3.63, 3.8) is 0 Å². The summed E-state index contributed by atoms with van der Waals surface area (Å²) in [4.78, 5) is 14.6. The normalized spacial score (nSPS) is 21.0. The van der Waals surface area contributed by atoms with E-state index in [2.05, 4.69) is 5.32 Å². The summed E-state index contributed by atoms with van der Waals surface area (Å²) in [7, 11) is -2.02. The topological polar surface area (TPSA) is 79.0 Å². The molecule has 1 aromatic rings. The van der Waals surface area contributed by atoms with E-state index in [0.29, 0.717) is 25.2 Å². The first-order chi connectivity index (χ1) is 13.0. The maximum absolute atomic E-state index is 12.9. The number of rotatable bonds is 7. The quantitative estimate of drug-likeness (QED) is 0.753. The van der Waals surface area contributed by atoms with E-state index in [1.54, 1.807) is 30.1 Å². The van der Waals surface area contributed by atoms with Gasteiger partial charge in [0.05, 0.1) is 11.0 Å². The number of sulfonamides is 1. The minimum Gasteiger partial charge on any atom is -0.378 e. The lowest BCUT2D eigenvalue weighted by Gasteiger charge is -2.27. The Morgan fingerprint density at radius 3 is 2.81 bits per heavy atom. The third kappa shape index (κ3) is 5.07. The van der Waals surface area contributed by atoms with Crippen LogP contribution in [0.4, 0.5) is 0 Å². The standard InChI is InChI=1S/C19H29N3O4S/c1-21(11-3-6-17-7-4-14-26-17)27(24,25)18-8-2-5-16(15-18)19(23)22-12-9-20-10-13-22/h2,5,8,15,17,20H,3-4,6-7,9-14H2,1H3/t17-/m1/s1. The summed E-state index contributed by atoms with van der Waals surface area (Å²) in [5.74, 6) is -0.116. The van der Waals surface area contributed by atoms with Gasteiger partial charge < -0.3 is 15.0 Å². The molecular formula is C19H29N3O4S. The first-order valence-electron chi connectivity index (χ1n) is 9.66. The average Bonchev–Trinajstić information content (AvgIpc) is 3.21. The molecular weight excluding hydrogens is 366 g/mol. The number of hydrogen-bond acceptors (Lipinski definition) is 5. The first kappa shape index (κ1) is 20.3. The summed E-state index contributed by atoms with van der Waals surface area (Å²) in [6, 6.07) is 6.38. The number of ether oxygens (including phenoxy) is 1. The number of nitrogens with zero attached hydrogens (tertiary/aromatic N) is 2. The Kier molecular flexibility index (Phi) is 6.86. The number of nitrogens with one attached hydrogen (secondary N) is 1. The number of benzene rings is 1. The van der Waals surface area contributed by atoms with E-state index in [-0.39, 0.29) is 16.9 Å². The lowest BCUT2D eigenvalue weighted by molar-refractivity contribution is 0.0735. The van der Waals surface area contributed by atoms with Gasteiger partial charge in [-0.15, -0.1) is 0 Å². The van der Waals surface area contributed by atoms with Gasteiger partial charge in [0.15, 0.2) is 0 Å². The molecule has 0 aliphatic carbocycles. The largest absolute Gasteiger partial charge is 0.378 e. The van der Waals surface area contributed by atoms with Gasteiger partial charge in [0.2, 0.25) is 10.0 Å². The van der Waals surface area contributed by atoms with Crippen molar-refractivity contribution in [2.75, 3.05) is 46.4 Å². The smallest absolute Gasteiger partial charge is 0.253 e. The Hall–Kier alpha value is -1.48. The van der Waals surface area contributed by atoms with E-state index in [9.17, 15) is 13.2 Å². The van der Waals surface area contributed by atoms with Crippen LogP contribution in [0.1, 0.15) is 36.0 Å². The summed E-state index contributed by atoms with van der Waals surface area (Å²) in [6.07, 6.45) is 4.06. The molecule has 1 aromatic carbocycles. The number of piperazine rings is 1. The predicted octanol–water partition coefficient (Wildman–Crippen LogP) is 1.31. The van der Waals surface area contributed by atoms with Crippen LogP contribution >= 0.6 is 0 Å². The highest BCUT2D eigenvalue weighted by Crippen LogP contribution is 2.20. The van der Waals surface area contributed by atoms with Gasteiger partial charge >= 0.3 is 0 Å². The van der Waals surface area contributed by atoms with Crippen molar-refractivity contribution in [1.29, 1.82) is 0 Å². The van der Waals surface area contributed by atoms with Crippen LogP contribution in [0, 0.1) is 0 Å². The van der Waals surface area contributed by atoms with Gasteiger partial charge in [0, 0.05) is 51.9 Å². The van der Waals surface area contributed by atoms with Gasteiger partial charge in [0.25, 0.3) is 5.91 Å². The van der Waals surface area contributed by atoms with Crippen LogP contribution in [0.25, 0.3) is 0 Å². The van der Waals surface area contributed by atoms with E-state index < -0.39 is 10.0 Å².